The van der Waals surface area contributed by atoms with E-state index in [1.807, 2.05) is 29.6 Å². The van der Waals surface area contributed by atoms with Crippen molar-refractivity contribution in [3.63, 3.8) is 0 Å². The summed E-state index contributed by atoms with van der Waals surface area (Å²) < 4.78 is 18.7. The summed E-state index contributed by atoms with van der Waals surface area (Å²) >= 11 is 1.38. The molecule has 1 aliphatic heterocycles. The van der Waals surface area contributed by atoms with Gasteiger partial charge in [-0.05, 0) is 29.8 Å². The Kier molecular flexibility index (Phi) is 4.83. The van der Waals surface area contributed by atoms with Crippen molar-refractivity contribution in [3.8, 4) is 17.0 Å². The second-order valence-electron chi connectivity index (χ2n) is 6.43. The number of methoxy groups -OCH3 is 1. The number of rotatable bonds is 5. The van der Waals surface area contributed by atoms with Crippen molar-refractivity contribution in [2.45, 2.75) is 6.54 Å². The lowest BCUT2D eigenvalue weighted by molar-refractivity contribution is 0.346. The van der Waals surface area contributed by atoms with E-state index >= 15 is 0 Å². The van der Waals surface area contributed by atoms with Gasteiger partial charge in [0.25, 0.3) is 0 Å². The SMILES string of the molecule is COc1cccc(-c2csc(C3=C(O)CN(Cc4cccc(F)c4)C3=N)n2)c1. The van der Waals surface area contributed by atoms with Crippen LogP contribution in [-0.4, -0.2) is 34.5 Å². The van der Waals surface area contributed by atoms with E-state index < -0.39 is 0 Å². The van der Waals surface area contributed by atoms with Crippen LogP contribution >= 0.6 is 11.3 Å². The van der Waals surface area contributed by atoms with Crippen LogP contribution in [-0.2, 0) is 6.54 Å². The summed E-state index contributed by atoms with van der Waals surface area (Å²) in [7, 11) is 1.61. The van der Waals surface area contributed by atoms with Gasteiger partial charge in [0.1, 0.15) is 28.2 Å². The van der Waals surface area contributed by atoms with Crippen LogP contribution in [0.3, 0.4) is 0 Å². The number of amidine groups is 1. The highest BCUT2D eigenvalue weighted by Crippen LogP contribution is 2.33. The summed E-state index contributed by atoms with van der Waals surface area (Å²) in [6.07, 6.45) is 0. The third-order valence-electron chi connectivity index (χ3n) is 4.53. The van der Waals surface area contributed by atoms with Crippen molar-refractivity contribution in [1.29, 1.82) is 5.41 Å². The van der Waals surface area contributed by atoms with Gasteiger partial charge >= 0.3 is 0 Å². The van der Waals surface area contributed by atoms with Crippen molar-refractivity contribution < 1.29 is 14.2 Å². The molecule has 0 spiro atoms. The highest BCUT2D eigenvalue weighted by Gasteiger charge is 2.30. The third-order valence-corrected chi connectivity index (χ3v) is 5.39. The number of aromatic nitrogens is 1. The second kappa shape index (κ2) is 7.44. The van der Waals surface area contributed by atoms with Crippen molar-refractivity contribution in [3.05, 3.63) is 76.1 Å². The maximum absolute atomic E-state index is 13.4. The van der Waals surface area contributed by atoms with Gasteiger partial charge in [-0.3, -0.25) is 5.41 Å². The first kappa shape index (κ1) is 18.2. The topological polar surface area (TPSA) is 69.4 Å². The van der Waals surface area contributed by atoms with E-state index in [1.54, 1.807) is 24.1 Å². The average molecular weight is 395 g/mol. The fourth-order valence-electron chi connectivity index (χ4n) is 3.15. The van der Waals surface area contributed by atoms with Crippen LogP contribution in [0.5, 0.6) is 5.75 Å². The van der Waals surface area contributed by atoms with Gasteiger partial charge < -0.3 is 14.7 Å². The molecule has 0 bridgehead atoms. The molecule has 0 atom stereocenters. The first-order chi connectivity index (χ1) is 13.5. The van der Waals surface area contributed by atoms with Gasteiger partial charge in [0, 0.05) is 17.5 Å². The molecule has 0 radical (unpaired) electrons. The number of halogens is 1. The lowest BCUT2D eigenvalue weighted by Crippen LogP contribution is -2.26. The van der Waals surface area contributed by atoms with Gasteiger partial charge in [-0.25, -0.2) is 9.37 Å². The molecule has 1 aliphatic rings. The quantitative estimate of drug-likeness (QED) is 0.656. The first-order valence-corrected chi connectivity index (χ1v) is 9.54. The molecule has 2 aromatic carbocycles. The Morgan fingerprint density at radius 2 is 2.07 bits per heavy atom. The van der Waals surface area contributed by atoms with Crippen molar-refractivity contribution >= 4 is 22.7 Å². The molecule has 0 aliphatic carbocycles. The number of ether oxygens (including phenoxy) is 1. The fraction of sp³-hybridized carbons (Fsp3) is 0.143. The van der Waals surface area contributed by atoms with Crippen LogP contribution in [0.2, 0.25) is 0 Å². The van der Waals surface area contributed by atoms with Crippen LogP contribution in [0.25, 0.3) is 16.8 Å². The highest BCUT2D eigenvalue weighted by atomic mass is 32.1. The van der Waals surface area contributed by atoms with Gasteiger partial charge in [-0.2, -0.15) is 0 Å². The smallest absolute Gasteiger partial charge is 0.135 e. The molecule has 0 fully saturated rings. The normalized spacial score (nSPS) is 14.1. The largest absolute Gasteiger partial charge is 0.510 e. The molecule has 2 N–H and O–H groups in total. The van der Waals surface area contributed by atoms with Crippen LogP contribution in [0.4, 0.5) is 4.39 Å². The Morgan fingerprint density at radius 3 is 2.86 bits per heavy atom. The summed E-state index contributed by atoms with van der Waals surface area (Å²) in [5, 5.41) is 21.4. The minimum absolute atomic E-state index is 0.105. The lowest BCUT2D eigenvalue weighted by atomic mass is 10.1. The van der Waals surface area contributed by atoms with Gasteiger partial charge in [0.2, 0.25) is 0 Å². The van der Waals surface area contributed by atoms with Gasteiger partial charge in [0.15, 0.2) is 0 Å². The van der Waals surface area contributed by atoms with Crippen molar-refractivity contribution in [1.82, 2.24) is 9.88 Å². The Bertz CT molecular complexity index is 1080. The number of hydrogen-bond acceptors (Lipinski definition) is 5. The second-order valence-corrected chi connectivity index (χ2v) is 7.28. The maximum Gasteiger partial charge on any atom is 0.135 e. The fourth-order valence-corrected chi connectivity index (χ4v) is 4.05. The molecular formula is C21H18FN3O2S. The summed E-state index contributed by atoms with van der Waals surface area (Å²) in [5.41, 5.74) is 2.84. The number of benzene rings is 2. The third kappa shape index (κ3) is 3.48. The molecule has 3 aromatic rings. The Hall–Kier alpha value is -3.19. The minimum atomic E-state index is -0.316. The van der Waals surface area contributed by atoms with Crippen molar-refractivity contribution in [2.75, 3.05) is 13.7 Å². The monoisotopic (exact) mass is 395 g/mol. The summed E-state index contributed by atoms with van der Waals surface area (Å²) in [4.78, 5) is 6.31. The van der Waals surface area contributed by atoms with Crippen LogP contribution < -0.4 is 4.74 Å². The van der Waals surface area contributed by atoms with E-state index in [0.717, 1.165) is 22.6 Å². The van der Waals surface area contributed by atoms with Crippen LogP contribution in [0.1, 0.15) is 10.6 Å². The number of nitrogens with one attached hydrogen (secondary N) is 1. The van der Waals surface area contributed by atoms with Gasteiger partial charge in [0.05, 0.1) is 24.9 Å². The molecule has 0 unspecified atom stereocenters. The zero-order chi connectivity index (χ0) is 19.7. The molecule has 142 valence electrons. The first-order valence-electron chi connectivity index (χ1n) is 8.66. The molecule has 1 aromatic heterocycles. The number of aliphatic hydroxyl groups is 1. The predicted molar refractivity (Wildman–Crippen MR) is 108 cm³/mol. The van der Waals surface area contributed by atoms with E-state index in [0.29, 0.717) is 17.1 Å². The molecule has 28 heavy (non-hydrogen) atoms. The Morgan fingerprint density at radius 1 is 1.25 bits per heavy atom. The minimum Gasteiger partial charge on any atom is -0.510 e. The molecule has 7 heteroatoms. The van der Waals surface area contributed by atoms with E-state index in [-0.39, 0.29) is 24.0 Å². The molecule has 0 amide bonds. The number of aliphatic hydroxyl groups excluding tert-OH is 1. The average Bonchev–Trinajstić information content (AvgIpc) is 3.27. The zero-order valence-electron chi connectivity index (χ0n) is 15.1. The van der Waals surface area contributed by atoms with Crippen LogP contribution in [0.15, 0.2) is 59.7 Å². The van der Waals surface area contributed by atoms with Crippen molar-refractivity contribution in [2.24, 2.45) is 0 Å². The number of hydrogen-bond donors (Lipinski definition) is 2. The van der Waals surface area contributed by atoms with E-state index in [4.69, 9.17) is 10.1 Å². The molecule has 4 rings (SSSR count). The summed E-state index contributed by atoms with van der Waals surface area (Å²) in [6.45, 7) is 0.553. The molecule has 0 saturated carbocycles. The molecular weight excluding hydrogens is 377 g/mol. The van der Waals surface area contributed by atoms with E-state index in [9.17, 15) is 9.50 Å². The zero-order valence-corrected chi connectivity index (χ0v) is 16.0. The number of thiazole rings is 1. The molecule has 5 nitrogen and oxygen atoms in total. The lowest BCUT2D eigenvalue weighted by Gasteiger charge is -2.18. The van der Waals surface area contributed by atoms with Gasteiger partial charge in [-0.15, -0.1) is 11.3 Å². The maximum atomic E-state index is 13.4. The predicted octanol–water partition coefficient (Wildman–Crippen LogP) is 4.72. The highest BCUT2D eigenvalue weighted by molar-refractivity contribution is 7.11. The Labute approximate surface area is 165 Å². The van der Waals surface area contributed by atoms with Crippen LogP contribution in [0, 0.1) is 11.2 Å². The summed E-state index contributed by atoms with van der Waals surface area (Å²) in [5.74, 6) is 0.716. The Balaban J connectivity index is 1.57. The van der Waals surface area contributed by atoms with E-state index in [2.05, 4.69) is 4.98 Å². The molecule has 0 saturated heterocycles. The molecule has 2 heterocycles. The summed E-state index contributed by atoms with van der Waals surface area (Å²) in [6, 6.07) is 13.8. The van der Waals surface area contributed by atoms with E-state index in [1.165, 1.54) is 23.5 Å². The van der Waals surface area contributed by atoms with Gasteiger partial charge in [-0.1, -0.05) is 24.3 Å². The number of nitrogens with zero attached hydrogens (tertiary/aromatic N) is 2. The standard InChI is InChI=1S/C21H18FN3O2S/c1-27-16-7-3-5-14(9-16)17-12-28-21(24-17)19-18(26)11-25(20(19)23)10-13-4-2-6-15(22)8-13/h2-9,12,23,26H,10-11H2,1H3.